The van der Waals surface area contributed by atoms with Crippen molar-refractivity contribution >= 4 is 50.0 Å². The van der Waals surface area contributed by atoms with E-state index in [1.165, 1.54) is 6.92 Å². The number of carbonyl (C=O) groups excluding carboxylic acids is 2. The van der Waals surface area contributed by atoms with E-state index in [9.17, 15) is 9.59 Å². The monoisotopic (exact) mass is 588 g/mol. The molecule has 5 aromatic rings. The minimum absolute atomic E-state index is 0.0467. The van der Waals surface area contributed by atoms with Crippen LogP contribution in [-0.4, -0.2) is 22.0 Å². The number of aryl methyl sites for hydroxylation is 4. The van der Waals surface area contributed by atoms with Crippen molar-refractivity contribution in [2.24, 2.45) is 11.1 Å². The molecule has 0 fully saturated rings. The van der Waals surface area contributed by atoms with Crippen molar-refractivity contribution in [3.05, 3.63) is 94.0 Å². The molecule has 0 N–H and O–H groups in total. The van der Waals surface area contributed by atoms with Gasteiger partial charge in [0.25, 0.3) is 0 Å². The molecular weight excluding hydrogens is 544 g/mol. The Kier molecular flexibility index (Phi) is 9.33. The molecule has 228 valence electrons. The lowest BCUT2D eigenvalue weighted by atomic mass is 9.89. The lowest BCUT2D eigenvalue weighted by molar-refractivity contribution is -0.140. The molecule has 0 aliphatic carbocycles. The Hall–Kier alpha value is -4.25. The number of nitrogens with zero attached hydrogens (tertiary/aromatic N) is 2. The van der Waals surface area contributed by atoms with Crippen molar-refractivity contribution < 1.29 is 14.4 Å². The molecule has 0 radical (unpaired) electrons. The van der Waals surface area contributed by atoms with Crippen molar-refractivity contribution in [2.75, 3.05) is 0 Å². The van der Waals surface area contributed by atoms with E-state index < -0.39 is 5.97 Å². The topological polar surface area (TPSA) is 60.7 Å². The van der Waals surface area contributed by atoms with Gasteiger partial charge in [-0.2, -0.15) is 0 Å². The van der Waals surface area contributed by atoms with Crippen LogP contribution in [0, 0.1) is 26.7 Å². The number of ketones is 1. The van der Waals surface area contributed by atoms with Gasteiger partial charge in [0.1, 0.15) is 0 Å². The molecular formula is C39H44N2O3. The molecule has 4 aromatic carbocycles. The van der Waals surface area contributed by atoms with Gasteiger partial charge in [-0.25, -0.2) is 4.79 Å². The Morgan fingerprint density at radius 2 is 1.57 bits per heavy atom. The van der Waals surface area contributed by atoms with Gasteiger partial charge >= 0.3 is 5.97 Å². The lowest BCUT2D eigenvalue weighted by Gasteiger charge is -2.16. The number of fused-ring (bicyclic) bond motifs is 5. The summed E-state index contributed by atoms with van der Waals surface area (Å²) in [4.78, 5) is 31.4. The van der Waals surface area contributed by atoms with E-state index in [2.05, 4.69) is 85.9 Å². The SMILES string of the molecule is CCCCC(CC)C/C(=N\OC(C)=O)c1ccc2c(c1)c1cc(C(=O)c3c(C)cc(C)cc3C)c3ccccc3c1n2CC. The van der Waals surface area contributed by atoms with E-state index in [1.807, 2.05) is 26.0 Å². The molecule has 0 amide bonds. The van der Waals surface area contributed by atoms with Crippen LogP contribution in [0.2, 0.25) is 0 Å². The first-order chi connectivity index (χ1) is 21.2. The van der Waals surface area contributed by atoms with Gasteiger partial charge in [0.2, 0.25) is 0 Å². The Balaban J connectivity index is 1.76. The molecule has 5 rings (SSSR count). The zero-order valence-corrected chi connectivity index (χ0v) is 27.2. The van der Waals surface area contributed by atoms with Crippen molar-refractivity contribution in [1.29, 1.82) is 0 Å². The second-order valence-electron chi connectivity index (χ2n) is 12.2. The molecule has 0 aliphatic rings. The molecule has 1 atom stereocenters. The van der Waals surface area contributed by atoms with Gasteiger partial charge in [0.05, 0.1) is 11.2 Å². The van der Waals surface area contributed by atoms with Crippen LogP contribution in [0.15, 0.2) is 65.8 Å². The number of carbonyl (C=O) groups is 2. The summed E-state index contributed by atoms with van der Waals surface area (Å²) >= 11 is 0. The summed E-state index contributed by atoms with van der Waals surface area (Å²) < 4.78 is 2.34. The van der Waals surface area contributed by atoms with Crippen LogP contribution in [0.3, 0.4) is 0 Å². The Labute approximate surface area is 260 Å². The van der Waals surface area contributed by atoms with Gasteiger partial charge in [-0.3, -0.25) is 4.79 Å². The first-order valence-electron chi connectivity index (χ1n) is 16.0. The van der Waals surface area contributed by atoms with Gasteiger partial charge < -0.3 is 9.40 Å². The summed E-state index contributed by atoms with van der Waals surface area (Å²) in [7, 11) is 0. The molecule has 5 heteroatoms. The molecule has 44 heavy (non-hydrogen) atoms. The molecule has 5 nitrogen and oxygen atoms in total. The highest BCUT2D eigenvalue weighted by molar-refractivity contribution is 6.26. The maximum Gasteiger partial charge on any atom is 0.331 e. The summed E-state index contributed by atoms with van der Waals surface area (Å²) in [5, 5.41) is 8.50. The summed E-state index contributed by atoms with van der Waals surface area (Å²) in [5.41, 5.74) is 8.58. The van der Waals surface area contributed by atoms with Gasteiger partial charge in [-0.15, -0.1) is 0 Å². The highest BCUT2D eigenvalue weighted by atomic mass is 16.7. The highest BCUT2D eigenvalue weighted by Crippen LogP contribution is 2.38. The summed E-state index contributed by atoms with van der Waals surface area (Å²) in [5.74, 6) is 0.0701. The highest BCUT2D eigenvalue weighted by Gasteiger charge is 2.23. The largest absolute Gasteiger partial charge is 0.340 e. The smallest absolute Gasteiger partial charge is 0.331 e. The van der Waals surface area contributed by atoms with Gasteiger partial charge in [-0.05, 0) is 74.7 Å². The van der Waals surface area contributed by atoms with E-state index in [4.69, 9.17) is 4.84 Å². The van der Waals surface area contributed by atoms with Crippen LogP contribution < -0.4 is 0 Å². The number of unbranched alkanes of at least 4 members (excludes halogenated alkanes) is 1. The third kappa shape index (κ3) is 5.93. The van der Waals surface area contributed by atoms with Crippen LogP contribution in [0.4, 0.5) is 0 Å². The van der Waals surface area contributed by atoms with E-state index in [-0.39, 0.29) is 5.78 Å². The first kappa shape index (κ1) is 31.2. The van der Waals surface area contributed by atoms with Crippen molar-refractivity contribution in [1.82, 2.24) is 4.57 Å². The van der Waals surface area contributed by atoms with E-state index in [0.29, 0.717) is 11.5 Å². The summed E-state index contributed by atoms with van der Waals surface area (Å²) in [6, 6.07) is 20.9. The van der Waals surface area contributed by atoms with Crippen LogP contribution >= 0.6 is 0 Å². The number of hydrogen-bond acceptors (Lipinski definition) is 4. The molecule has 1 heterocycles. The average molecular weight is 589 g/mol. The predicted molar refractivity (Wildman–Crippen MR) is 183 cm³/mol. The maximum atomic E-state index is 14.4. The second kappa shape index (κ2) is 13.2. The third-order valence-electron chi connectivity index (χ3n) is 8.97. The number of aromatic nitrogens is 1. The van der Waals surface area contributed by atoms with E-state index in [1.54, 1.807) is 0 Å². The fraction of sp³-hybridized carbons (Fsp3) is 0.359. The van der Waals surface area contributed by atoms with Crippen molar-refractivity contribution in [2.45, 2.75) is 87.1 Å². The molecule has 0 saturated carbocycles. The summed E-state index contributed by atoms with van der Waals surface area (Å²) in [6.07, 6.45) is 5.18. The third-order valence-corrected chi connectivity index (χ3v) is 8.97. The Bertz CT molecular complexity index is 1890. The Morgan fingerprint density at radius 1 is 0.864 bits per heavy atom. The van der Waals surface area contributed by atoms with E-state index in [0.717, 1.165) is 105 Å². The van der Waals surface area contributed by atoms with Crippen molar-refractivity contribution in [3.63, 3.8) is 0 Å². The van der Waals surface area contributed by atoms with E-state index >= 15 is 0 Å². The maximum absolute atomic E-state index is 14.4. The van der Waals surface area contributed by atoms with Gasteiger partial charge in [0, 0.05) is 51.8 Å². The zero-order valence-electron chi connectivity index (χ0n) is 27.2. The van der Waals surface area contributed by atoms with Crippen molar-refractivity contribution in [3.8, 4) is 0 Å². The predicted octanol–water partition coefficient (Wildman–Crippen LogP) is 10.00. The normalized spacial score (nSPS) is 12.8. The zero-order chi connectivity index (χ0) is 31.5. The number of benzene rings is 4. The van der Waals surface area contributed by atoms with Gasteiger partial charge in [0.15, 0.2) is 5.78 Å². The first-order valence-corrected chi connectivity index (χ1v) is 16.0. The minimum Gasteiger partial charge on any atom is -0.340 e. The molecule has 1 aromatic heterocycles. The lowest BCUT2D eigenvalue weighted by Crippen LogP contribution is -2.11. The molecule has 0 spiro atoms. The fourth-order valence-electron chi connectivity index (χ4n) is 6.88. The van der Waals surface area contributed by atoms with Crippen LogP contribution in [-0.2, 0) is 16.2 Å². The van der Waals surface area contributed by atoms with Crippen LogP contribution in [0.25, 0.3) is 32.6 Å². The quantitative estimate of drug-likeness (QED) is 0.0668. The average Bonchev–Trinajstić information content (AvgIpc) is 3.32. The number of rotatable bonds is 11. The Morgan fingerprint density at radius 3 is 2.20 bits per heavy atom. The fourth-order valence-corrected chi connectivity index (χ4v) is 6.88. The minimum atomic E-state index is -0.427. The molecule has 0 saturated heterocycles. The van der Waals surface area contributed by atoms with Crippen LogP contribution in [0.5, 0.6) is 0 Å². The number of oxime groups is 1. The standard InChI is InChI=1S/C39H44N2O3/c1-8-11-14-28(9-2)21-35(40-44-27(7)42)29-17-18-36-32(22-29)33-23-34(39(43)37-25(5)19-24(4)20-26(37)6)30-15-12-13-16-31(30)38(33)41(36)10-3/h12-13,15-20,22-23,28H,8-11,14,21H2,1-7H3/b40-35+. The summed E-state index contributed by atoms with van der Waals surface area (Å²) in [6.45, 7) is 14.9. The second-order valence-corrected chi connectivity index (χ2v) is 12.2. The van der Waals surface area contributed by atoms with Crippen LogP contribution in [0.1, 0.15) is 98.0 Å². The molecule has 0 bridgehead atoms. The molecule has 0 aliphatic heterocycles. The number of hydrogen-bond donors (Lipinski definition) is 0. The van der Waals surface area contributed by atoms with Gasteiger partial charge in [-0.1, -0.05) is 92.7 Å². The molecule has 1 unspecified atom stereocenters.